The van der Waals surface area contributed by atoms with Crippen LogP contribution >= 0.6 is 0 Å². The average molecular weight is 288 g/mol. The molecule has 0 spiro atoms. The summed E-state index contributed by atoms with van der Waals surface area (Å²) in [7, 11) is 1.72. The third-order valence-electron chi connectivity index (χ3n) is 2.89. The Morgan fingerprint density at radius 3 is 2.10 bits per heavy atom. The molecule has 20 heavy (non-hydrogen) atoms. The van der Waals surface area contributed by atoms with Crippen molar-refractivity contribution >= 4 is 6.09 Å². The number of amides is 1. The highest BCUT2D eigenvalue weighted by Crippen LogP contribution is 2.15. The first-order valence-corrected chi connectivity index (χ1v) is 7.23. The van der Waals surface area contributed by atoms with Gasteiger partial charge >= 0.3 is 6.09 Å². The van der Waals surface area contributed by atoms with Crippen molar-refractivity contribution < 1.29 is 14.3 Å². The third kappa shape index (κ3) is 10.0. The van der Waals surface area contributed by atoms with Crippen LogP contribution in [-0.4, -0.2) is 43.0 Å². The fourth-order valence-corrected chi connectivity index (χ4v) is 1.83. The largest absolute Gasteiger partial charge is 0.444 e. The normalized spacial score (nSPS) is 15.6. The van der Waals surface area contributed by atoms with E-state index in [1.54, 1.807) is 7.11 Å². The number of nitrogens with one attached hydrogen (secondary N) is 2. The van der Waals surface area contributed by atoms with E-state index in [1.807, 2.05) is 27.7 Å². The summed E-state index contributed by atoms with van der Waals surface area (Å²) < 4.78 is 10.6. The van der Waals surface area contributed by atoms with Gasteiger partial charge in [-0.1, -0.05) is 0 Å². The molecular formula is C15H32N2O3. The average Bonchev–Trinajstić information content (AvgIpc) is 2.23. The van der Waals surface area contributed by atoms with E-state index in [4.69, 9.17) is 9.47 Å². The van der Waals surface area contributed by atoms with Crippen LogP contribution in [0.15, 0.2) is 0 Å². The van der Waals surface area contributed by atoms with Crippen LogP contribution in [0.3, 0.4) is 0 Å². The van der Waals surface area contributed by atoms with E-state index < -0.39 is 5.60 Å². The second kappa shape index (κ2) is 7.84. The second-order valence-corrected chi connectivity index (χ2v) is 7.02. The predicted octanol–water partition coefficient (Wildman–Crippen LogP) is 2.69. The second-order valence-electron chi connectivity index (χ2n) is 7.02. The smallest absolute Gasteiger partial charge is 0.407 e. The van der Waals surface area contributed by atoms with Crippen molar-refractivity contribution in [3.8, 4) is 0 Å². The summed E-state index contributed by atoms with van der Waals surface area (Å²) in [6.07, 6.45) is 0.527. The number of rotatable bonds is 7. The Hall–Kier alpha value is -0.810. The Kier molecular flexibility index (Phi) is 7.52. The predicted molar refractivity (Wildman–Crippen MR) is 82.0 cm³/mol. The van der Waals surface area contributed by atoms with Crippen LogP contribution in [0.1, 0.15) is 54.9 Å². The zero-order valence-corrected chi connectivity index (χ0v) is 14.3. The molecule has 0 bridgehead atoms. The van der Waals surface area contributed by atoms with Gasteiger partial charge in [-0.25, -0.2) is 4.79 Å². The standard InChI is InChI=1S/C15H32N2O3/c1-11(9-15(6,7)19-8)16-10-12(2)17-13(18)20-14(3,4)5/h11-12,16H,9-10H2,1-8H3,(H,17,18). The molecule has 0 heterocycles. The SMILES string of the molecule is COC(C)(C)CC(C)NCC(C)NC(=O)OC(C)(C)C. The summed E-state index contributed by atoms with van der Waals surface area (Å²) in [6, 6.07) is 0.325. The summed E-state index contributed by atoms with van der Waals surface area (Å²) in [4.78, 5) is 11.6. The molecule has 0 aromatic rings. The Morgan fingerprint density at radius 2 is 1.65 bits per heavy atom. The van der Waals surface area contributed by atoms with Gasteiger partial charge < -0.3 is 20.1 Å². The van der Waals surface area contributed by atoms with Gasteiger partial charge in [0.1, 0.15) is 5.60 Å². The number of carbonyl (C=O) groups is 1. The third-order valence-corrected chi connectivity index (χ3v) is 2.89. The van der Waals surface area contributed by atoms with Gasteiger partial charge in [-0.3, -0.25) is 0 Å². The lowest BCUT2D eigenvalue weighted by atomic mass is 10.00. The number of alkyl carbamates (subject to hydrolysis) is 1. The van der Waals surface area contributed by atoms with Gasteiger partial charge in [-0.15, -0.1) is 0 Å². The van der Waals surface area contributed by atoms with Crippen molar-refractivity contribution in [1.29, 1.82) is 0 Å². The van der Waals surface area contributed by atoms with Crippen LogP contribution in [0.4, 0.5) is 4.79 Å². The fraction of sp³-hybridized carbons (Fsp3) is 0.933. The van der Waals surface area contributed by atoms with Crippen molar-refractivity contribution in [2.45, 2.75) is 78.2 Å². The first kappa shape index (κ1) is 19.2. The van der Waals surface area contributed by atoms with Gasteiger partial charge in [-0.05, 0) is 54.9 Å². The monoisotopic (exact) mass is 288 g/mol. The Balaban J connectivity index is 3.99. The summed E-state index contributed by atoms with van der Waals surface area (Å²) >= 11 is 0. The van der Waals surface area contributed by atoms with Crippen molar-refractivity contribution in [2.75, 3.05) is 13.7 Å². The van der Waals surface area contributed by atoms with Crippen molar-refractivity contribution in [1.82, 2.24) is 10.6 Å². The molecule has 0 saturated carbocycles. The van der Waals surface area contributed by atoms with Gasteiger partial charge in [-0.2, -0.15) is 0 Å². The minimum absolute atomic E-state index is 0.0120. The van der Waals surface area contributed by atoms with Gasteiger partial charge in [0, 0.05) is 25.7 Å². The Morgan fingerprint density at radius 1 is 1.10 bits per heavy atom. The molecule has 120 valence electrons. The molecule has 5 heteroatoms. The van der Waals surface area contributed by atoms with Crippen LogP contribution in [0.25, 0.3) is 0 Å². The maximum Gasteiger partial charge on any atom is 0.407 e. The number of methoxy groups -OCH3 is 1. The summed E-state index contributed by atoms with van der Waals surface area (Å²) in [5.74, 6) is 0. The molecule has 0 aliphatic rings. The molecule has 0 saturated heterocycles. The highest BCUT2D eigenvalue weighted by atomic mass is 16.6. The van der Waals surface area contributed by atoms with Gasteiger partial charge in [0.25, 0.3) is 0 Å². The summed E-state index contributed by atoms with van der Waals surface area (Å²) in [6.45, 7) is 14.4. The number of hydrogen-bond donors (Lipinski definition) is 2. The molecule has 0 rings (SSSR count). The molecule has 0 aliphatic heterocycles. The molecule has 0 aromatic heterocycles. The minimum Gasteiger partial charge on any atom is -0.444 e. The van der Waals surface area contributed by atoms with Gasteiger partial charge in [0.05, 0.1) is 5.60 Å². The molecule has 0 aliphatic carbocycles. The topological polar surface area (TPSA) is 59.6 Å². The lowest BCUT2D eigenvalue weighted by molar-refractivity contribution is 0.00832. The quantitative estimate of drug-likeness (QED) is 0.756. The molecule has 1 amide bonds. The first-order valence-electron chi connectivity index (χ1n) is 7.23. The molecule has 2 atom stereocenters. The lowest BCUT2D eigenvalue weighted by Gasteiger charge is -2.28. The maximum absolute atomic E-state index is 11.6. The van der Waals surface area contributed by atoms with E-state index in [2.05, 4.69) is 31.4 Å². The van der Waals surface area contributed by atoms with Crippen molar-refractivity contribution in [2.24, 2.45) is 0 Å². The molecular weight excluding hydrogens is 256 g/mol. The van der Waals surface area contributed by atoms with Crippen LogP contribution in [0.5, 0.6) is 0 Å². The van der Waals surface area contributed by atoms with E-state index in [-0.39, 0.29) is 17.7 Å². The molecule has 0 fully saturated rings. The van der Waals surface area contributed by atoms with E-state index >= 15 is 0 Å². The Bertz CT molecular complexity index is 298. The van der Waals surface area contributed by atoms with Gasteiger partial charge in [0.15, 0.2) is 0 Å². The maximum atomic E-state index is 11.6. The Labute approximate surface area is 123 Å². The van der Waals surface area contributed by atoms with Crippen LogP contribution < -0.4 is 10.6 Å². The zero-order valence-electron chi connectivity index (χ0n) is 14.3. The number of hydrogen-bond acceptors (Lipinski definition) is 4. The number of ether oxygens (including phenoxy) is 2. The van der Waals surface area contributed by atoms with Crippen molar-refractivity contribution in [3.05, 3.63) is 0 Å². The number of carbonyl (C=O) groups excluding carboxylic acids is 1. The van der Waals surface area contributed by atoms with Crippen LogP contribution in [-0.2, 0) is 9.47 Å². The van der Waals surface area contributed by atoms with Crippen LogP contribution in [0, 0.1) is 0 Å². The first-order chi connectivity index (χ1) is 8.95. The fourth-order valence-electron chi connectivity index (χ4n) is 1.83. The highest BCUT2D eigenvalue weighted by Gasteiger charge is 2.21. The molecule has 0 radical (unpaired) electrons. The van der Waals surface area contributed by atoms with E-state index in [9.17, 15) is 4.79 Å². The molecule has 2 N–H and O–H groups in total. The van der Waals surface area contributed by atoms with Crippen LogP contribution in [0.2, 0.25) is 0 Å². The summed E-state index contributed by atoms with van der Waals surface area (Å²) in [5, 5.41) is 6.20. The van der Waals surface area contributed by atoms with E-state index in [0.29, 0.717) is 12.6 Å². The highest BCUT2D eigenvalue weighted by molar-refractivity contribution is 5.68. The van der Waals surface area contributed by atoms with E-state index in [1.165, 1.54) is 0 Å². The lowest BCUT2D eigenvalue weighted by Crippen LogP contribution is -2.45. The van der Waals surface area contributed by atoms with E-state index in [0.717, 1.165) is 6.42 Å². The van der Waals surface area contributed by atoms with Crippen molar-refractivity contribution in [3.63, 3.8) is 0 Å². The van der Waals surface area contributed by atoms with Gasteiger partial charge in [0.2, 0.25) is 0 Å². The summed E-state index contributed by atoms with van der Waals surface area (Å²) in [5.41, 5.74) is -0.610. The molecule has 5 nitrogen and oxygen atoms in total. The zero-order chi connectivity index (χ0) is 16.0. The molecule has 2 unspecified atom stereocenters. The minimum atomic E-state index is -0.465. The molecule has 0 aromatic carbocycles.